The maximum Gasteiger partial charge on any atom is 0.242 e. The standard InChI is InChI=1S/C15H27N3O2S/c1-12(2)5-3-4-8-18-21(19,20)15-9-14(17-11-15)10-16-13-6-7-13/h9,11-13,16-18H,3-8,10H2,1-2H3. The second-order valence-corrected chi connectivity index (χ2v) is 8.07. The summed E-state index contributed by atoms with van der Waals surface area (Å²) < 4.78 is 27.0. The molecule has 0 atom stereocenters. The Morgan fingerprint density at radius 3 is 2.76 bits per heavy atom. The Balaban J connectivity index is 1.75. The fourth-order valence-electron chi connectivity index (χ4n) is 2.19. The number of hydrogen-bond acceptors (Lipinski definition) is 3. The minimum atomic E-state index is -3.37. The third-order valence-corrected chi connectivity index (χ3v) is 5.13. The molecule has 0 amide bonds. The zero-order valence-corrected chi connectivity index (χ0v) is 13.8. The minimum Gasteiger partial charge on any atom is -0.363 e. The smallest absolute Gasteiger partial charge is 0.242 e. The van der Waals surface area contributed by atoms with Gasteiger partial charge in [0.15, 0.2) is 0 Å². The summed E-state index contributed by atoms with van der Waals surface area (Å²) in [5, 5.41) is 3.36. The Labute approximate surface area is 128 Å². The third kappa shape index (κ3) is 5.80. The molecule has 5 nitrogen and oxygen atoms in total. The predicted octanol–water partition coefficient (Wildman–Crippen LogP) is 2.37. The lowest BCUT2D eigenvalue weighted by Gasteiger charge is -2.06. The first-order valence-corrected chi connectivity index (χ1v) is 9.36. The van der Waals surface area contributed by atoms with Gasteiger partial charge in [-0.1, -0.05) is 26.7 Å². The molecule has 0 bridgehead atoms. The Morgan fingerprint density at radius 1 is 1.33 bits per heavy atom. The Hall–Kier alpha value is -0.850. The zero-order valence-electron chi connectivity index (χ0n) is 13.0. The summed E-state index contributed by atoms with van der Waals surface area (Å²) in [6.45, 7) is 5.58. The van der Waals surface area contributed by atoms with Gasteiger partial charge in [0.2, 0.25) is 10.0 Å². The van der Waals surface area contributed by atoms with Crippen molar-refractivity contribution in [1.82, 2.24) is 15.0 Å². The van der Waals surface area contributed by atoms with Gasteiger partial charge in [-0.2, -0.15) is 0 Å². The number of rotatable bonds is 10. The summed E-state index contributed by atoms with van der Waals surface area (Å²) >= 11 is 0. The molecule has 6 heteroatoms. The maximum atomic E-state index is 12.1. The first-order valence-electron chi connectivity index (χ1n) is 7.88. The molecule has 0 aromatic carbocycles. The molecular weight excluding hydrogens is 286 g/mol. The van der Waals surface area contributed by atoms with Gasteiger partial charge >= 0.3 is 0 Å². The molecule has 1 aromatic rings. The van der Waals surface area contributed by atoms with Crippen LogP contribution in [0.25, 0.3) is 0 Å². The molecule has 0 spiro atoms. The quantitative estimate of drug-likeness (QED) is 0.581. The largest absolute Gasteiger partial charge is 0.363 e. The molecule has 1 aromatic heterocycles. The predicted molar refractivity (Wildman–Crippen MR) is 84.5 cm³/mol. The molecule has 1 aliphatic carbocycles. The van der Waals surface area contributed by atoms with Crippen molar-refractivity contribution in [2.24, 2.45) is 5.92 Å². The highest BCUT2D eigenvalue weighted by Gasteiger charge is 2.21. The SMILES string of the molecule is CC(C)CCCCNS(=O)(=O)c1c[nH]c(CNC2CC2)c1. The average molecular weight is 313 g/mol. The number of hydrogen-bond donors (Lipinski definition) is 3. The van der Waals surface area contributed by atoms with E-state index >= 15 is 0 Å². The van der Waals surface area contributed by atoms with E-state index in [1.54, 1.807) is 12.3 Å². The lowest BCUT2D eigenvalue weighted by atomic mass is 10.1. The van der Waals surface area contributed by atoms with E-state index in [0.29, 0.717) is 29.9 Å². The van der Waals surface area contributed by atoms with Crippen molar-refractivity contribution in [3.05, 3.63) is 18.0 Å². The lowest BCUT2D eigenvalue weighted by molar-refractivity contribution is 0.530. The average Bonchev–Trinajstić information content (AvgIpc) is 3.11. The van der Waals surface area contributed by atoms with Crippen LogP contribution in [0.4, 0.5) is 0 Å². The molecule has 21 heavy (non-hydrogen) atoms. The first kappa shape index (κ1) is 16.5. The number of H-pyrrole nitrogens is 1. The van der Waals surface area contributed by atoms with Crippen LogP contribution in [0.1, 0.15) is 51.6 Å². The molecule has 3 N–H and O–H groups in total. The number of unbranched alkanes of at least 4 members (excludes halogenated alkanes) is 1. The Bertz CT molecular complexity index is 533. The van der Waals surface area contributed by atoms with Gasteiger partial charge in [0.1, 0.15) is 0 Å². The summed E-state index contributed by atoms with van der Waals surface area (Å²) in [7, 11) is -3.37. The van der Waals surface area contributed by atoms with E-state index in [1.807, 2.05) is 0 Å². The number of aromatic amines is 1. The highest BCUT2D eigenvalue weighted by atomic mass is 32.2. The van der Waals surface area contributed by atoms with Crippen molar-refractivity contribution in [2.75, 3.05) is 6.54 Å². The van der Waals surface area contributed by atoms with Crippen molar-refractivity contribution in [3.8, 4) is 0 Å². The molecule has 1 fully saturated rings. The van der Waals surface area contributed by atoms with Crippen LogP contribution in [0.2, 0.25) is 0 Å². The van der Waals surface area contributed by atoms with Crippen LogP contribution in [0.15, 0.2) is 17.2 Å². The summed E-state index contributed by atoms with van der Waals surface area (Å²) in [4.78, 5) is 3.36. The number of nitrogens with one attached hydrogen (secondary N) is 3. The monoisotopic (exact) mass is 313 g/mol. The Morgan fingerprint density at radius 2 is 2.10 bits per heavy atom. The maximum absolute atomic E-state index is 12.1. The van der Waals surface area contributed by atoms with E-state index < -0.39 is 10.0 Å². The zero-order chi connectivity index (χ0) is 15.3. The van der Waals surface area contributed by atoms with Crippen molar-refractivity contribution >= 4 is 10.0 Å². The fourth-order valence-corrected chi connectivity index (χ4v) is 3.28. The summed E-state index contributed by atoms with van der Waals surface area (Å²) in [5.74, 6) is 0.674. The molecule has 0 radical (unpaired) electrons. The highest BCUT2D eigenvalue weighted by Crippen LogP contribution is 2.19. The first-order chi connectivity index (χ1) is 9.97. The normalized spacial score (nSPS) is 15.8. The van der Waals surface area contributed by atoms with E-state index in [0.717, 1.165) is 25.0 Å². The molecule has 2 rings (SSSR count). The van der Waals surface area contributed by atoms with Gasteiger partial charge < -0.3 is 10.3 Å². The van der Waals surface area contributed by atoms with E-state index in [4.69, 9.17) is 0 Å². The van der Waals surface area contributed by atoms with Gasteiger partial charge in [0.25, 0.3) is 0 Å². The van der Waals surface area contributed by atoms with Gasteiger partial charge in [-0.05, 0) is 31.2 Å². The van der Waals surface area contributed by atoms with Crippen LogP contribution in [-0.2, 0) is 16.6 Å². The molecular formula is C15H27N3O2S. The van der Waals surface area contributed by atoms with Crippen molar-refractivity contribution in [3.63, 3.8) is 0 Å². The van der Waals surface area contributed by atoms with Crippen LogP contribution in [-0.4, -0.2) is 26.0 Å². The summed E-state index contributed by atoms with van der Waals surface area (Å²) in [6, 6.07) is 2.33. The third-order valence-electron chi connectivity index (χ3n) is 3.69. The van der Waals surface area contributed by atoms with Gasteiger partial charge in [0.05, 0.1) is 4.90 Å². The molecule has 0 saturated heterocycles. The number of aromatic nitrogens is 1. The molecule has 0 unspecified atom stereocenters. The summed E-state index contributed by atoms with van der Waals surface area (Å²) in [6.07, 6.45) is 7.11. The highest BCUT2D eigenvalue weighted by molar-refractivity contribution is 7.89. The summed E-state index contributed by atoms with van der Waals surface area (Å²) in [5.41, 5.74) is 0.919. The van der Waals surface area contributed by atoms with Crippen LogP contribution in [0.3, 0.4) is 0 Å². The second kappa shape index (κ2) is 7.42. The second-order valence-electron chi connectivity index (χ2n) is 6.30. The van der Waals surface area contributed by atoms with Crippen LogP contribution in [0.5, 0.6) is 0 Å². The molecule has 120 valence electrons. The Kier molecular flexibility index (Phi) is 5.84. The van der Waals surface area contributed by atoms with E-state index in [1.165, 1.54) is 12.8 Å². The van der Waals surface area contributed by atoms with E-state index in [2.05, 4.69) is 28.9 Å². The van der Waals surface area contributed by atoms with E-state index in [9.17, 15) is 8.42 Å². The van der Waals surface area contributed by atoms with Crippen LogP contribution < -0.4 is 10.0 Å². The van der Waals surface area contributed by atoms with Gasteiger partial charge in [-0.15, -0.1) is 0 Å². The molecule has 1 heterocycles. The minimum absolute atomic E-state index is 0.332. The fraction of sp³-hybridized carbons (Fsp3) is 0.733. The lowest BCUT2D eigenvalue weighted by Crippen LogP contribution is -2.24. The van der Waals surface area contributed by atoms with Crippen molar-refractivity contribution < 1.29 is 8.42 Å². The number of sulfonamides is 1. The van der Waals surface area contributed by atoms with Gasteiger partial charge in [0, 0.05) is 31.0 Å². The topological polar surface area (TPSA) is 74.0 Å². The van der Waals surface area contributed by atoms with Crippen LogP contribution in [0, 0.1) is 5.92 Å². The molecule has 1 saturated carbocycles. The van der Waals surface area contributed by atoms with Gasteiger partial charge in [-0.3, -0.25) is 0 Å². The van der Waals surface area contributed by atoms with Gasteiger partial charge in [-0.25, -0.2) is 13.1 Å². The van der Waals surface area contributed by atoms with Crippen molar-refractivity contribution in [2.45, 2.75) is 63.4 Å². The molecule has 0 aliphatic heterocycles. The van der Waals surface area contributed by atoms with E-state index in [-0.39, 0.29) is 0 Å². The van der Waals surface area contributed by atoms with Crippen molar-refractivity contribution in [1.29, 1.82) is 0 Å². The molecule has 1 aliphatic rings. The van der Waals surface area contributed by atoms with Crippen LogP contribution >= 0.6 is 0 Å².